The Bertz CT molecular complexity index is 507. The van der Waals surface area contributed by atoms with Gasteiger partial charge in [-0.15, -0.1) is 0 Å². The molecule has 1 amide bonds. The number of rotatable bonds is 4. The second-order valence-corrected chi connectivity index (χ2v) is 8.52. The molecule has 1 aliphatic carbocycles. The molecule has 0 radical (unpaired) electrons. The number of aliphatic carboxylic acids is 1. The maximum Gasteiger partial charge on any atom is 0.311 e. The standard InChI is InChI=1S/C14H23NO5S/c16-12(11-6-2-5-9-21(11,19)20)15-10-14(13(17)18)7-3-1-4-8-14/h11H,1-10H2,(H,15,16)(H,17,18). The minimum Gasteiger partial charge on any atom is -0.481 e. The van der Waals surface area contributed by atoms with E-state index in [-0.39, 0.29) is 12.3 Å². The Morgan fingerprint density at radius 2 is 1.76 bits per heavy atom. The number of carbonyl (C=O) groups excluding carboxylic acids is 1. The molecule has 0 bridgehead atoms. The van der Waals surface area contributed by atoms with E-state index in [4.69, 9.17) is 0 Å². The van der Waals surface area contributed by atoms with Gasteiger partial charge in [-0.2, -0.15) is 0 Å². The van der Waals surface area contributed by atoms with Crippen molar-refractivity contribution < 1.29 is 23.1 Å². The molecule has 1 saturated heterocycles. The second kappa shape index (κ2) is 6.34. The van der Waals surface area contributed by atoms with Gasteiger partial charge >= 0.3 is 5.97 Å². The van der Waals surface area contributed by atoms with Crippen molar-refractivity contribution in [3.05, 3.63) is 0 Å². The molecule has 0 aromatic rings. The molecule has 2 N–H and O–H groups in total. The van der Waals surface area contributed by atoms with Gasteiger partial charge in [0.25, 0.3) is 0 Å². The lowest BCUT2D eigenvalue weighted by atomic mass is 9.74. The fourth-order valence-electron chi connectivity index (χ4n) is 3.31. The van der Waals surface area contributed by atoms with Gasteiger partial charge in [-0.1, -0.05) is 25.7 Å². The fraction of sp³-hybridized carbons (Fsp3) is 0.857. The molecule has 0 spiro atoms. The van der Waals surface area contributed by atoms with E-state index in [1.54, 1.807) is 0 Å². The van der Waals surface area contributed by atoms with Crippen molar-refractivity contribution in [2.75, 3.05) is 12.3 Å². The number of sulfone groups is 1. The van der Waals surface area contributed by atoms with Crippen molar-refractivity contribution in [1.29, 1.82) is 0 Å². The van der Waals surface area contributed by atoms with Gasteiger partial charge in [0.2, 0.25) is 5.91 Å². The number of carbonyl (C=O) groups is 2. The monoisotopic (exact) mass is 317 g/mol. The maximum absolute atomic E-state index is 12.1. The zero-order chi connectivity index (χ0) is 15.5. The van der Waals surface area contributed by atoms with Crippen molar-refractivity contribution in [2.24, 2.45) is 5.41 Å². The van der Waals surface area contributed by atoms with E-state index in [2.05, 4.69) is 5.32 Å². The summed E-state index contributed by atoms with van der Waals surface area (Å²) in [4.78, 5) is 23.7. The van der Waals surface area contributed by atoms with Gasteiger partial charge < -0.3 is 10.4 Å². The summed E-state index contributed by atoms with van der Waals surface area (Å²) >= 11 is 0. The molecular weight excluding hydrogens is 294 g/mol. The van der Waals surface area contributed by atoms with Crippen molar-refractivity contribution in [1.82, 2.24) is 5.32 Å². The summed E-state index contributed by atoms with van der Waals surface area (Å²) in [5.41, 5.74) is -0.924. The van der Waals surface area contributed by atoms with Crippen LogP contribution in [0.3, 0.4) is 0 Å². The van der Waals surface area contributed by atoms with Crippen molar-refractivity contribution in [3.63, 3.8) is 0 Å². The van der Waals surface area contributed by atoms with Crippen LogP contribution in [-0.2, 0) is 19.4 Å². The topological polar surface area (TPSA) is 101 Å². The molecule has 1 aliphatic heterocycles. The molecule has 2 fully saturated rings. The first-order chi connectivity index (χ1) is 9.87. The first-order valence-electron chi connectivity index (χ1n) is 7.60. The van der Waals surface area contributed by atoms with E-state index >= 15 is 0 Å². The quantitative estimate of drug-likeness (QED) is 0.809. The maximum atomic E-state index is 12.1. The lowest BCUT2D eigenvalue weighted by Gasteiger charge is -2.33. The van der Waals surface area contributed by atoms with Crippen LogP contribution >= 0.6 is 0 Å². The van der Waals surface area contributed by atoms with Crippen molar-refractivity contribution >= 4 is 21.7 Å². The highest BCUT2D eigenvalue weighted by atomic mass is 32.2. The smallest absolute Gasteiger partial charge is 0.311 e. The lowest BCUT2D eigenvalue weighted by molar-refractivity contribution is -0.151. The van der Waals surface area contributed by atoms with Crippen LogP contribution in [0.1, 0.15) is 51.4 Å². The van der Waals surface area contributed by atoms with Gasteiger partial charge in [0.05, 0.1) is 11.2 Å². The van der Waals surface area contributed by atoms with Crippen LogP contribution in [0.15, 0.2) is 0 Å². The summed E-state index contributed by atoms with van der Waals surface area (Å²) in [6.07, 6.45) is 5.44. The van der Waals surface area contributed by atoms with E-state index < -0.39 is 32.4 Å². The van der Waals surface area contributed by atoms with Crippen molar-refractivity contribution in [2.45, 2.75) is 56.6 Å². The summed E-state index contributed by atoms with van der Waals surface area (Å²) in [7, 11) is -3.38. The minimum atomic E-state index is -3.38. The number of amides is 1. The Morgan fingerprint density at radius 1 is 1.10 bits per heavy atom. The van der Waals surface area contributed by atoms with E-state index in [0.717, 1.165) is 25.7 Å². The SMILES string of the molecule is O=C(NCC1(C(=O)O)CCCCC1)C1CCCCS1(=O)=O. The summed E-state index contributed by atoms with van der Waals surface area (Å²) in [5, 5.41) is 11.0. The fourth-order valence-corrected chi connectivity index (χ4v) is 5.14. The average molecular weight is 317 g/mol. The first-order valence-corrected chi connectivity index (χ1v) is 9.32. The summed E-state index contributed by atoms with van der Waals surface area (Å²) in [5.74, 6) is -1.37. The number of hydrogen-bond acceptors (Lipinski definition) is 4. The first kappa shape index (κ1) is 16.3. The van der Waals surface area contributed by atoms with Gasteiger partial charge in [-0.3, -0.25) is 9.59 Å². The Kier molecular flexibility index (Phi) is 4.91. The second-order valence-electron chi connectivity index (χ2n) is 6.22. The lowest BCUT2D eigenvalue weighted by Crippen LogP contribution is -2.49. The normalized spacial score (nSPS) is 27.7. The molecule has 1 unspecified atom stereocenters. The molecule has 0 aromatic carbocycles. The summed E-state index contributed by atoms with van der Waals surface area (Å²) in [6.45, 7) is 0.0349. The van der Waals surface area contributed by atoms with Crippen LogP contribution in [-0.4, -0.2) is 42.9 Å². The molecule has 120 valence electrons. The van der Waals surface area contributed by atoms with Crippen LogP contribution in [0.5, 0.6) is 0 Å². The highest BCUT2D eigenvalue weighted by Crippen LogP contribution is 2.36. The highest BCUT2D eigenvalue weighted by Gasteiger charge is 2.41. The Balaban J connectivity index is 2.00. The number of hydrogen-bond donors (Lipinski definition) is 2. The predicted molar refractivity (Wildman–Crippen MR) is 77.6 cm³/mol. The van der Waals surface area contributed by atoms with Crippen LogP contribution in [0, 0.1) is 5.41 Å². The van der Waals surface area contributed by atoms with E-state index in [1.165, 1.54) is 0 Å². The van der Waals surface area contributed by atoms with Crippen molar-refractivity contribution in [3.8, 4) is 0 Å². The van der Waals surface area contributed by atoms with E-state index in [9.17, 15) is 23.1 Å². The molecule has 1 heterocycles. The highest BCUT2D eigenvalue weighted by molar-refractivity contribution is 7.92. The molecule has 21 heavy (non-hydrogen) atoms. The molecule has 6 nitrogen and oxygen atoms in total. The third-order valence-electron chi connectivity index (χ3n) is 4.74. The zero-order valence-electron chi connectivity index (χ0n) is 12.1. The van der Waals surface area contributed by atoms with Crippen LogP contribution in [0.25, 0.3) is 0 Å². The molecule has 1 atom stereocenters. The van der Waals surface area contributed by atoms with E-state index in [1.807, 2.05) is 0 Å². The van der Waals surface area contributed by atoms with E-state index in [0.29, 0.717) is 25.7 Å². The average Bonchev–Trinajstić information content (AvgIpc) is 2.45. The summed E-state index contributed by atoms with van der Waals surface area (Å²) < 4.78 is 23.8. The van der Waals surface area contributed by atoms with Crippen LogP contribution in [0.2, 0.25) is 0 Å². The van der Waals surface area contributed by atoms with Crippen LogP contribution < -0.4 is 5.32 Å². The third kappa shape index (κ3) is 3.56. The van der Waals surface area contributed by atoms with Gasteiger partial charge in [-0.25, -0.2) is 8.42 Å². The third-order valence-corrected chi connectivity index (χ3v) is 6.91. The molecule has 2 aliphatic rings. The zero-order valence-corrected chi connectivity index (χ0v) is 13.0. The van der Waals surface area contributed by atoms with Crippen LogP contribution in [0.4, 0.5) is 0 Å². The number of nitrogens with one attached hydrogen (secondary N) is 1. The minimum absolute atomic E-state index is 0.0349. The number of carboxylic acids is 1. The summed E-state index contributed by atoms with van der Waals surface area (Å²) in [6, 6.07) is 0. The molecule has 2 rings (SSSR count). The molecule has 0 aromatic heterocycles. The molecular formula is C14H23NO5S. The molecule has 7 heteroatoms. The van der Waals surface area contributed by atoms with Gasteiger partial charge in [-0.05, 0) is 25.7 Å². The van der Waals surface area contributed by atoms with Gasteiger partial charge in [0.1, 0.15) is 5.25 Å². The Labute approximate surface area is 125 Å². The Hall–Kier alpha value is -1.11. The Morgan fingerprint density at radius 3 is 2.33 bits per heavy atom. The number of carboxylic acid groups (broad SMARTS) is 1. The largest absolute Gasteiger partial charge is 0.481 e. The van der Waals surface area contributed by atoms with Gasteiger partial charge in [0.15, 0.2) is 9.84 Å². The molecule has 1 saturated carbocycles. The van der Waals surface area contributed by atoms with Gasteiger partial charge in [0, 0.05) is 6.54 Å². The predicted octanol–water partition coefficient (Wildman–Crippen LogP) is 1.10.